The van der Waals surface area contributed by atoms with Crippen LogP contribution in [0, 0.1) is 11.7 Å². The van der Waals surface area contributed by atoms with Crippen molar-refractivity contribution in [3.05, 3.63) is 34.6 Å². The number of hydrogen-bond acceptors (Lipinski definition) is 3. The molecule has 0 aliphatic carbocycles. The molecular formula is C16H18ClFO3. The van der Waals surface area contributed by atoms with Crippen molar-refractivity contribution in [1.82, 2.24) is 0 Å². The zero-order chi connectivity index (χ0) is 14.9. The monoisotopic (exact) mass is 312 g/mol. The molecule has 2 atom stereocenters. The molecule has 0 aromatic heterocycles. The minimum absolute atomic E-state index is 0.0385. The first-order valence-corrected chi connectivity index (χ1v) is 7.65. The molecule has 1 aromatic carbocycles. The van der Waals surface area contributed by atoms with Gasteiger partial charge in [0.1, 0.15) is 11.6 Å². The maximum Gasteiger partial charge on any atom is 0.140 e. The third kappa shape index (κ3) is 3.12. The Balaban J connectivity index is 1.70. The summed E-state index contributed by atoms with van der Waals surface area (Å²) in [4.78, 5) is 12.5. The summed E-state index contributed by atoms with van der Waals surface area (Å²) in [5.74, 6) is -0.477. The topological polar surface area (TPSA) is 35.5 Å². The number of carbonyl (C=O) groups is 1. The van der Waals surface area contributed by atoms with Gasteiger partial charge < -0.3 is 9.47 Å². The molecule has 114 valence electrons. The standard InChI is InChI=1S/C16H18ClFO3/c17-13-2-1-3-14(18)12(13)8-15(19)11-4-6-21-16(9-11)5-7-20-10-16/h1-3,11H,4-10H2. The summed E-state index contributed by atoms with van der Waals surface area (Å²) < 4.78 is 25.0. The van der Waals surface area contributed by atoms with Crippen LogP contribution >= 0.6 is 11.6 Å². The zero-order valence-electron chi connectivity index (χ0n) is 11.7. The first-order valence-electron chi connectivity index (χ1n) is 7.27. The lowest BCUT2D eigenvalue weighted by molar-refractivity contribution is -0.136. The van der Waals surface area contributed by atoms with Gasteiger partial charge in [-0.1, -0.05) is 17.7 Å². The highest BCUT2D eigenvalue weighted by atomic mass is 35.5. The summed E-state index contributed by atoms with van der Waals surface area (Å²) in [6.45, 7) is 1.79. The number of Topliss-reactive ketones (excluding diaryl/α,β-unsaturated/α-hetero) is 1. The Kier molecular flexibility index (Phi) is 4.29. The molecule has 0 radical (unpaired) electrons. The van der Waals surface area contributed by atoms with E-state index in [0.717, 1.165) is 6.42 Å². The molecule has 2 saturated heterocycles. The minimum atomic E-state index is -0.415. The van der Waals surface area contributed by atoms with E-state index in [4.69, 9.17) is 21.1 Å². The van der Waals surface area contributed by atoms with E-state index >= 15 is 0 Å². The van der Waals surface area contributed by atoms with Gasteiger partial charge in [-0.3, -0.25) is 4.79 Å². The number of ether oxygens (including phenoxy) is 2. The minimum Gasteiger partial charge on any atom is -0.378 e. The molecule has 3 nitrogen and oxygen atoms in total. The lowest BCUT2D eigenvalue weighted by atomic mass is 9.81. The third-order valence-electron chi connectivity index (χ3n) is 4.43. The summed E-state index contributed by atoms with van der Waals surface area (Å²) in [6.07, 6.45) is 2.23. The molecule has 5 heteroatoms. The van der Waals surface area contributed by atoms with Gasteiger partial charge in [-0.05, 0) is 25.0 Å². The molecule has 0 bridgehead atoms. The van der Waals surface area contributed by atoms with E-state index in [1.54, 1.807) is 12.1 Å². The van der Waals surface area contributed by atoms with Crippen molar-refractivity contribution in [2.24, 2.45) is 5.92 Å². The molecule has 1 aromatic rings. The summed E-state index contributed by atoms with van der Waals surface area (Å²) >= 11 is 6.00. The van der Waals surface area contributed by atoms with Crippen molar-refractivity contribution >= 4 is 17.4 Å². The zero-order valence-corrected chi connectivity index (χ0v) is 12.5. The van der Waals surface area contributed by atoms with Crippen molar-refractivity contribution in [2.45, 2.75) is 31.3 Å². The number of hydrogen-bond donors (Lipinski definition) is 0. The first-order chi connectivity index (χ1) is 10.1. The third-order valence-corrected chi connectivity index (χ3v) is 4.78. The second-order valence-corrected chi connectivity index (χ2v) is 6.27. The maximum absolute atomic E-state index is 13.8. The fraction of sp³-hybridized carbons (Fsp3) is 0.562. The van der Waals surface area contributed by atoms with Gasteiger partial charge in [0, 0.05) is 42.6 Å². The van der Waals surface area contributed by atoms with Crippen molar-refractivity contribution < 1.29 is 18.7 Å². The normalized spacial score (nSPS) is 29.0. The van der Waals surface area contributed by atoms with Gasteiger partial charge in [-0.25, -0.2) is 4.39 Å². The van der Waals surface area contributed by atoms with E-state index in [9.17, 15) is 9.18 Å². The average molecular weight is 313 g/mol. The van der Waals surface area contributed by atoms with Gasteiger partial charge in [-0.15, -0.1) is 0 Å². The molecule has 0 amide bonds. The van der Waals surface area contributed by atoms with Crippen LogP contribution < -0.4 is 0 Å². The Morgan fingerprint density at radius 3 is 3.00 bits per heavy atom. The smallest absolute Gasteiger partial charge is 0.140 e. The van der Waals surface area contributed by atoms with Crippen LogP contribution in [0.5, 0.6) is 0 Å². The number of ketones is 1. The van der Waals surface area contributed by atoms with Gasteiger partial charge >= 0.3 is 0 Å². The fourth-order valence-corrected chi connectivity index (χ4v) is 3.42. The van der Waals surface area contributed by atoms with Crippen LogP contribution in [-0.4, -0.2) is 31.2 Å². The molecule has 21 heavy (non-hydrogen) atoms. The van der Waals surface area contributed by atoms with E-state index in [1.807, 2.05) is 0 Å². The van der Waals surface area contributed by atoms with Gasteiger partial charge in [-0.2, -0.15) is 0 Å². The van der Waals surface area contributed by atoms with Crippen LogP contribution in [0.2, 0.25) is 5.02 Å². The molecule has 1 spiro atoms. The van der Waals surface area contributed by atoms with Gasteiger partial charge in [0.15, 0.2) is 0 Å². The van der Waals surface area contributed by atoms with E-state index in [2.05, 4.69) is 0 Å². The van der Waals surface area contributed by atoms with Crippen LogP contribution in [0.4, 0.5) is 4.39 Å². The highest BCUT2D eigenvalue weighted by Gasteiger charge is 2.42. The molecule has 0 saturated carbocycles. The van der Waals surface area contributed by atoms with Crippen molar-refractivity contribution in [3.63, 3.8) is 0 Å². The van der Waals surface area contributed by atoms with Crippen LogP contribution in [-0.2, 0) is 20.7 Å². The Morgan fingerprint density at radius 2 is 2.29 bits per heavy atom. The van der Waals surface area contributed by atoms with Crippen molar-refractivity contribution in [2.75, 3.05) is 19.8 Å². The highest BCUT2D eigenvalue weighted by Crippen LogP contribution is 2.36. The molecule has 2 unspecified atom stereocenters. The maximum atomic E-state index is 13.8. The van der Waals surface area contributed by atoms with Gasteiger partial charge in [0.05, 0.1) is 12.2 Å². The van der Waals surface area contributed by atoms with Crippen LogP contribution in [0.25, 0.3) is 0 Å². The molecule has 3 rings (SSSR count). The Bertz CT molecular complexity index is 520. The second-order valence-electron chi connectivity index (χ2n) is 5.87. The lowest BCUT2D eigenvalue weighted by Crippen LogP contribution is -2.42. The highest BCUT2D eigenvalue weighted by molar-refractivity contribution is 6.31. The molecule has 2 aliphatic rings. The quantitative estimate of drug-likeness (QED) is 0.860. The number of carbonyl (C=O) groups excluding carboxylic acids is 1. The van der Waals surface area contributed by atoms with Crippen LogP contribution in [0.3, 0.4) is 0 Å². The number of rotatable bonds is 3. The van der Waals surface area contributed by atoms with E-state index in [0.29, 0.717) is 43.2 Å². The largest absolute Gasteiger partial charge is 0.378 e. The molecule has 2 heterocycles. The van der Waals surface area contributed by atoms with Crippen molar-refractivity contribution in [1.29, 1.82) is 0 Å². The second kappa shape index (κ2) is 6.03. The average Bonchev–Trinajstić information content (AvgIpc) is 2.91. The van der Waals surface area contributed by atoms with E-state index in [-0.39, 0.29) is 23.7 Å². The molecule has 0 N–H and O–H groups in total. The predicted octanol–water partition coefficient (Wildman–Crippen LogP) is 3.18. The van der Waals surface area contributed by atoms with Crippen LogP contribution in [0.1, 0.15) is 24.8 Å². The summed E-state index contributed by atoms with van der Waals surface area (Å²) in [5.41, 5.74) is -0.00943. The number of benzene rings is 1. The Hall–Kier alpha value is -0.970. The molecule has 2 aliphatic heterocycles. The van der Waals surface area contributed by atoms with Crippen molar-refractivity contribution in [3.8, 4) is 0 Å². The fourth-order valence-electron chi connectivity index (χ4n) is 3.19. The van der Waals surface area contributed by atoms with Gasteiger partial charge in [0.2, 0.25) is 0 Å². The predicted molar refractivity (Wildman–Crippen MR) is 77.0 cm³/mol. The Labute approximate surface area is 128 Å². The van der Waals surface area contributed by atoms with E-state index < -0.39 is 5.82 Å². The van der Waals surface area contributed by atoms with Crippen LogP contribution in [0.15, 0.2) is 18.2 Å². The summed E-state index contributed by atoms with van der Waals surface area (Å²) in [6, 6.07) is 4.50. The summed E-state index contributed by atoms with van der Waals surface area (Å²) in [5, 5.41) is 0.314. The summed E-state index contributed by atoms with van der Waals surface area (Å²) in [7, 11) is 0. The lowest BCUT2D eigenvalue weighted by Gasteiger charge is -2.36. The number of halogens is 2. The molecule has 2 fully saturated rings. The SMILES string of the molecule is O=C(Cc1c(F)cccc1Cl)C1CCOC2(CCOC2)C1. The first kappa shape index (κ1) is 14.9. The Morgan fingerprint density at radius 1 is 1.43 bits per heavy atom. The molecular weight excluding hydrogens is 295 g/mol. The van der Waals surface area contributed by atoms with E-state index in [1.165, 1.54) is 6.07 Å². The van der Waals surface area contributed by atoms with Gasteiger partial charge in [0.25, 0.3) is 0 Å².